The molecule has 1 fully saturated rings. The van der Waals surface area contributed by atoms with Crippen LogP contribution in [0.15, 0.2) is 12.4 Å². The van der Waals surface area contributed by atoms with E-state index in [-0.39, 0.29) is 11.8 Å². The third kappa shape index (κ3) is 3.16. The van der Waals surface area contributed by atoms with E-state index < -0.39 is 0 Å². The molecule has 2 heterocycles. The molecule has 1 unspecified atom stereocenters. The van der Waals surface area contributed by atoms with Crippen molar-refractivity contribution in [2.24, 2.45) is 0 Å². The second-order valence-corrected chi connectivity index (χ2v) is 4.63. The smallest absolute Gasteiger partial charge is 0.157 e. The summed E-state index contributed by atoms with van der Waals surface area (Å²) >= 11 is 0. The normalized spacial score (nSPS) is 21.1. The van der Waals surface area contributed by atoms with Gasteiger partial charge in [0.15, 0.2) is 5.78 Å². The van der Waals surface area contributed by atoms with Crippen LogP contribution in [-0.4, -0.2) is 27.9 Å². The van der Waals surface area contributed by atoms with Gasteiger partial charge in [0.25, 0.3) is 0 Å². The highest BCUT2D eigenvalue weighted by atomic mass is 16.1. The summed E-state index contributed by atoms with van der Waals surface area (Å²) in [7, 11) is 0. The molecule has 0 bridgehead atoms. The number of rotatable bonds is 4. The van der Waals surface area contributed by atoms with Crippen LogP contribution in [0.1, 0.15) is 38.4 Å². The molecule has 0 aliphatic carbocycles. The van der Waals surface area contributed by atoms with E-state index in [1.807, 2.05) is 10.8 Å². The third-order valence-corrected chi connectivity index (χ3v) is 3.42. The first kappa shape index (κ1) is 12.3. The van der Waals surface area contributed by atoms with Gasteiger partial charge in [0.2, 0.25) is 0 Å². The minimum atomic E-state index is 0.0412. The number of carbonyl (C=O) groups is 1. The Morgan fingerprint density at radius 2 is 2.41 bits per heavy atom. The molecule has 0 spiro atoms. The van der Waals surface area contributed by atoms with Crippen LogP contribution in [0.3, 0.4) is 0 Å². The Morgan fingerprint density at radius 1 is 1.53 bits per heavy atom. The largest absolute Gasteiger partial charge is 0.335 e. The molecule has 1 atom stereocenters. The number of ketones is 1. The van der Waals surface area contributed by atoms with Gasteiger partial charge in [0.1, 0.15) is 5.82 Å². The van der Waals surface area contributed by atoms with E-state index in [1.165, 1.54) is 12.8 Å². The molecule has 1 aromatic heterocycles. The lowest BCUT2D eigenvalue weighted by Crippen LogP contribution is -2.37. The third-order valence-electron chi connectivity index (χ3n) is 3.42. The summed E-state index contributed by atoms with van der Waals surface area (Å²) < 4.78 is 2.04. The molecule has 2 rings (SSSR count). The molecule has 0 saturated carbocycles. The van der Waals surface area contributed by atoms with Crippen molar-refractivity contribution in [3.63, 3.8) is 0 Å². The van der Waals surface area contributed by atoms with Gasteiger partial charge in [-0.1, -0.05) is 12.8 Å². The summed E-state index contributed by atoms with van der Waals surface area (Å²) in [5.74, 6) is 1.18. The van der Waals surface area contributed by atoms with Gasteiger partial charge in [-0.3, -0.25) is 4.79 Å². The summed E-state index contributed by atoms with van der Waals surface area (Å²) in [4.78, 5) is 16.4. The number of imidazole rings is 1. The van der Waals surface area contributed by atoms with Crippen LogP contribution in [0.25, 0.3) is 0 Å². The zero-order chi connectivity index (χ0) is 12.1. The topological polar surface area (TPSA) is 46.9 Å². The van der Waals surface area contributed by atoms with Crippen LogP contribution >= 0.6 is 0 Å². The Kier molecular flexibility index (Phi) is 4.31. The summed E-state index contributed by atoms with van der Waals surface area (Å²) in [6.45, 7) is 3.92. The highest BCUT2D eigenvalue weighted by Gasteiger charge is 2.20. The minimum absolute atomic E-state index is 0.0412. The van der Waals surface area contributed by atoms with Gasteiger partial charge in [-0.15, -0.1) is 0 Å². The number of carbonyl (C=O) groups excluding carboxylic acids is 1. The maximum Gasteiger partial charge on any atom is 0.157 e. The van der Waals surface area contributed by atoms with Crippen molar-refractivity contribution >= 4 is 5.78 Å². The van der Waals surface area contributed by atoms with Crippen molar-refractivity contribution in [3.8, 4) is 0 Å². The van der Waals surface area contributed by atoms with Crippen molar-refractivity contribution in [3.05, 3.63) is 18.2 Å². The minimum Gasteiger partial charge on any atom is -0.335 e. The molecule has 1 aliphatic heterocycles. The fraction of sp³-hybridized carbons (Fsp3) is 0.692. The lowest BCUT2D eigenvalue weighted by atomic mass is 10.0. The Morgan fingerprint density at radius 3 is 3.24 bits per heavy atom. The molecule has 1 aliphatic rings. The number of Topliss-reactive ketones (excluding diaryl/α,β-unsaturated/α-hetero) is 1. The maximum atomic E-state index is 12.2. The SMILES string of the molecule is CCn1ccnc1CC(=O)C1CCCCCN1. The molecule has 17 heavy (non-hydrogen) atoms. The van der Waals surface area contributed by atoms with Crippen molar-refractivity contribution < 1.29 is 4.79 Å². The predicted molar refractivity (Wildman–Crippen MR) is 66.9 cm³/mol. The zero-order valence-corrected chi connectivity index (χ0v) is 10.5. The number of nitrogens with zero attached hydrogens (tertiary/aromatic N) is 2. The zero-order valence-electron chi connectivity index (χ0n) is 10.5. The number of aromatic nitrogens is 2. The van der Waals surface area contributed by atoms with Crippen molar-refractivity contribution in [2.45, 2.75) is 51.6 Å². The van der Waals surface area contributed by atoms with Gasteiger partial charge >= 0.3 is 0 Å². The van der Waals surface area contributed by atoms with Crippen LogP contribution < -0.4 is 5.32 Å². The van der Waals surface area contributed by atoms with Gasteiger partial charge < -0.3 is 9.88 Å². The first-order valence-corrected chi connectivity index (χ1v) is 6.57. The van der Waals surface area contributed by atoms with Crippen molar-refractivity contribution in [1.82, 2.24) is 14.9 Å². The molecular formula is C13H21N3O. The average Bonchev–Trinajstić information content (AvgIpc) is 2.62. The quantitative estimate of drug-likeness (QED) is 0.861. The van der Waals surface area contributed by atoms with E-state index in [1.54, 1.807) is 6.20 Å². The van der Waals surface area contributed by atoms with Crippen LogP contribution in [-0.2, 0) is 17.8 Å². The van der Waals surface area contributed by atoms with Crippen LogP contribution in [0.5, 0.6) is 0 Å². The molecule has 1 saturated heterocycles. The molecule has 1 N–H and O–H groups in total. The number of hydrogen-bond donors (Lipinski definition) is 1. The molecule has 4 heteroatoms. The fourth-order valence-electron chi connectivity index (χ4n) is 2.38. The number of nitrogens with one attached hydrogen (secondary N) is 1. The van der Waals surface area contributed by atoms with Crippen LogP contribution in [0.4, 0.5) is 0 Å². The van der Waals surface area contributed by atoms with Crippen LogP contribution in [0, 0.1) is 0 Å². The second kappa shape index (κ2) is 5.96. The Labute approximate surface area is 102 Å². The Balaban J connectivity index is 1.95. The first-order valence-electron chi connectivity index (χ1n) is 6.57. The summed E-state index contributed by atoms with van der Waals surface area (Å²) in [5, 5.41) is 3.34. The van der Waals surface area contributed by atoms with E-state index >= 15 is 0 Å². The fourth-order valence-corrected chi connectivity index (χ4v) is 2.38. The maximum absolute atomic E-state index is 12.2. The summed E-state index contributed by atoms with van der Waals surface area (Å²) in [6.07, 6.45) is 8.72. The molecule has 1 aromatic rings. The number of aryl methyl sites for hydroxylation is 1. The summed E-state index contributed by atoms with van der Waals surface area (Å²) in [5.41, 5.74) is 0. The molecule has 0 amide bonds. The lowest BCUT2D eigenvalue weighted by molar-refractivity contribution is -0.120. The van der Waals surface area contributed by atoms with Crippen LogP contribution in [0.2, 0.25) is 0 Å². The monoisotopic (exact) mass is 235 g/mol. The first-order chi connectivity index (χ1) is 8.31. The molecular weight excluding hydrogens is 214 g/mol. The van der Waals surface area contributed by atoms with E-state index in [9.17, 15) is 4.79 Å². The van der Waals surface area contributed by atoms with Crippen molar-refractivity contribution in [1.29, 1.82) is 0 Å². The van der Waals surface area contributed by atoms with Gasteiger partial charge in [-0.25, -0.2) is 4.98 Å². The summed E-state index contributed by atoms with van der Waals surface area (Å²) in [6, 6.07) is 0.0412. The lowest BCUT2D eigenvalue weighted by Gasteiger charge is -2.14. The van der Waals surface area contributed by atoms with Gasteiger partial charge in [-0.2, -0.15) is 0 Å². The molecule has 0 aromatic carbocycles. The molecule has 0 radical (unpaired) electrons. The standard InChI is InChI=1S/C13H21N3O/c1-2-16-9-8-15-13(16)10-12(17)11-6-4-3-5-7-14-11/h8-9,11,14H,2-7,10H2,1H3. The Hall–Kier alpha value is -1.16. The van der Waals surface area contributed by atoms with E-state index in [0.717, 1.165) is 31.8 Å². The van der Waals surface area contributed by atoms with E-state index in [4.69, 9.17) is 0 Å². The predicted octanol–water partition coefficient (Wildman–Crippen LogP) is 1.55. The highest BCUT2D eigenvalue weighted by molar-refractivity contribution is 5.85. The average molecular weight is 235 g/mol. The second-order valence-electron chi connectivity index (χ2n) is 4.63. The highest BCUT2D eigenvalue weighted by Crippen LogP contribution is 2.11. The molecule has 4 nitrogen and oxygen atoms in total. The number of hydrogen-bond acceptors (Lipinski definition) is 3. The van der Waals surface area contributed by atoms with E-state index in [2.05, 4.69) is 17.2 Å². The van der Waals surface area contributed by atoms with E-state index in [0.29, 0.717) is 6.42 Å². The van der Waals surface area contributed by atoms with Gasteiger partial charge in [0, 0.05) is 18.9 Å². The Bertz CT molecular complexity index is 364. The molecule has 94 valence electrons. The van der Waals surface area contributed by atoms with Crippen molar-refractivity contribution in [2.75, 3.05) is 6.54 Å². The van der Waals surface area contributed by atoms with Gasteiger partial charge in [-0.05, 0) is 26.3 Å². The van der Waals surface area contributed by atoms with Gasteiger partial charge in [0.05, 0.1) is 12.5 Å².